The van der Waals surface area contributed by atoms with Gasteiger partial charge < -0.3 is 29.6 Å². The van der Waals surface area contributed by atoms with Gasteiger partial charge in [-0.05, 0) is 23.8 Å². The Kier molecular flexibility index (Phi) is 7.83. The molecule has 0 saturated heterocycles. The fraction of sp³-hybridized carbons (Fsp3) is 0.316. The molecule has 3 rings (SSSR count). The first-order valence-electron chi connectivity index (χ1n) is 8.28. The van der Waals surface area contributed by atoms with Crippen LogP contribution in [0.4, 0.5) is 0 Å². The van der Waals surface area contributed by atoms with Crippen LogP contribution in [0.3, 0.4) is 0 Å². The molecule has 1 aliphatic rings. The third-order valence-corrected chi connectivity index (χ3v) is 4.05. The standard InChI is InChI=1S/C19H23N3O4.HI/c1-20-19(21-10-13-7-8-15-17(9-13)26-12-25-15)22-11-14-5-4-6-16(23-2)18(14)24-3;/h4-9H,10-12H2,1-3H3,(H2,20,21,22);1H. The third kappa shape index (κ3) is 5.09. The van der Waals surface area contributed by atoms with E-state index in [-0.39, 0.29) is 30.8 Å². The molecule has 27 heavy (non-hydrogen) atoms. The molecule has 8 heteroatoms. The van der Waals surface area contributed by atoms with Crippen LogP contribution in [0.5, 0.6) is 23.0 Å². The van der Waals surface area contributed by atoms with Gasteiger partial charge in [-0.15, -0.1) is 24.0 Å². The van der Waals surface area contributed by atoms with Gasteiger partial charge in [0.25, 0.3) is 0 Å². The van der Waals surface area contributed by atoms with E-state index >= 15 is 0 Å². The Hall–Kier alpha value is -2.36. The van der Waals surface area contributed by atoms with E-state index < -0.39 is 0 Å². The highest BCUT2D eigenvalue weighted by Crippen LogP contribution is 2.32. The lowest BCUT2D eigenvalue weighted by atomic mass is 10.2. The topological polar surface area (TPSA) is 73.3 Å². The van der Waals surface area contributed by atoms with Gasteiger partial charge in [-0.1, -0.05) is 18.2 Å². The highest BCUT2D eigenvalue weighted by molar-refractivity contribution is 14.0. The third-order valence-electron chi connectivity index (χ3n) is 4.05. The van der Waals surface area contributed by atoms with E-state index in [0.717, 1.165) is 22.6 Å². The number of ether oxygens (including phenoxy) is 4. The van der Waals surface area contributed by atoms with Crippen LogP contribution in [-0.4, -0.2) is 34.0 Å². The van der Waals surface area contributed by atoms with Gasteiger partial charge in [0.1, 0.15) is 0 Å². The van der Waals surface area contributed by atoms with Crippen LogP contribution in [0, 0.1) is 0 Å². The second-order valence-electron chi connectivity index (χ2n) is 5.62. The van der Waals surface area contributed by atoms with Crippen molar-refractivity contribution in [2.45, 2.75) is 13.1 Å². The summed E-state index contributed by atoms with van der Waals surface area (Å²) in [6, 6.07) is 11.7. The minimum Gasteiger partial charge on any atom is -0.493 e. The minimum absolute atomic E-state index is 0. The Morgan fingerprint density at radius 3 is 2.56 bits per heavy atom. The number of rotatable bonds is 6. The molecule has 1 aliphatic heterocycles. The Labute approximate surface area is 176 Å². The Bertz CT molecular complexity index is 799. The van der Waals surface area contributed by atoms with E-state index in [9.17, 15) is 0 Å². The van der Waals surface area contributed by atoms with Crippen molar-refractivity contribution < 1.29 is 18.9 Å². The van der Waals surface area contributed by atoms with Crippen molar-refractivity contribution in [3.05, 3.63) is 47.5 Å². The Balaban J connectivity index is 0.00000261. The number of hydrogen-bond acceptors (Lipinski definition) is 5. The number of halogens is 1. The van der Waals surface area contributed by atoms with Crippen LogP contribution in [0.2, 0.25) is 0 Å². The second kappa shape index (κ2) is 10.1. The summed E-state index contributed by atoms with van der Waals surface area (Å²) in [4.78, 5) is 4.26. The number of methoxy groups -OCH3 is 2. The van der Waals surface area contributed by atoms with Crippen LogP contribution >= 0.6 is 24.0 Å². The average Bonchev–Trinajstić information content (AvgIpc) is 3.15. The number of benzene rings is 2. The number of hydrogen-bond donors (Lipinski definition) is 2. The molecule has 146 valence electrons. The molecule has 2 N–H and O–H groups in total. The number of nitrogens with zero attached hydrogens (tertiary/aromatic N) is 1. The lowest BCUT2D eigenvalue weighted by molar-refractivity contribution is 0.174. The summed E-state index contributed by atoms with van der Waals surface area (Å²) in [5.74, 6) is 3.66. The Morgan fingerprint density at radius 1 is 1.04 bits per heavy atom. The van der Waals surface area contributed by atoms with E-state index in [1.807, 2.05) is 36.4 Å². The smallest absolute Gasteiger partial charge is 0.231 e. The summed E-state index contributed by atoms with van der Waals surface area (Å²) in [6.45, 7) is 1.45. The molecule has 0 fully saturated rings. The maximum atomic E-state index is 5.45. The zero-order chi connectivity index (χ0) is 18.4. The van der Waals surface area contributed by atoms with E-state index in [1.54, 1.807) is 21.3 Å². The lowest BCUT2D eigenvalue weighted by Crippen LogP contribution is -2.36. The van der Waals surface area contributed by atoms with Crippen molar-refractivity contribution in [1.82, 2.24) is 10.6 Å². The SMILES string of the molecule is CN=C(NCc1ccc2c(c1)OCO2)NCc1cccc(OC)c1OC.I. The van der Waals surface area contributed by atoms with Crippen LogP contribution in [0.1, 0.15) is 11.1 Å². The molecular formula is C19H24IN3O4. The van der Waals surface area contributed by atoms with Gasteiger partial charge in [-0.25, -0.2) is 0 Å². The summed E-state index contributed by atoms with van der Waals surface area (Å²) < 4.78 is 21.5. The summed E-state index contributed by atoms with van der Waals surface area (Å²) in [7, 11) is 4.99. The summed E-state index contributed by atoms with van der Waals surface area (Å²) >= 11 is 0. The van der Waals surface area contributed by atoms with E-state index in [0.29, 0.717) is 30.5 Å². The number of para-hydroxylation sites is 1. The molecule has 0 aliphatic carbocycles. The normalized spacial score (nSPS) is 12.2. The molecule has 0 spiro atoms. The molecule has 0 saturated carbocycles. The first-order valence-corrected chi connectivity index (χ1v) is 8.28. The van der Waals surface area contributed by atoms with Crippen molar-refractivity contribution in [3.63, 3.8) is 0 Å². The van der Waals surface area contributed by atoms with Crippen LogP contribution in [0.25, 0.3) is 0 Å². The minimum atomic E-state index is 0. The zero-order valence-corrected chi connectivity index (χ0v) is 17.9. The van der Waals surface area contributed by atoms with Crippen molar-refractivity contribution >= 4 is 29.9 Å². The molecule has 0 amide bonds. The number of guanidine groups is 1. The monoisotopic (exact) mass is 485 g/mol. The highest BCUT2D eigenvalue weighted by Gasteiger charge is 2.13. The largest absolute Gasteiger partial charge is 0.493 e. The second-order valence-corrected chi connectivity index (χ2v) is 5.62. The predicted molar refractivity (Wildman–Crippen MR) is 115 cm³/mol. The lowest BCUT2D eigenvalue weighted by Gasteiger charge is -2.15. The molecule has 0 atom stereocenters. The molecule has 1 heterocycles. The Morgan fingerprint density at radius 2 is 1.81 bits per heavy atom. The molecule has 0 aromatic heterocycles. The molecule has 0 bridgehead atoms. The van der Waals surface area contributed by atoms with Gasteiger partial charge in [0.05, 0.1) is 14.2 Å². The van der Waals surface area contributed by atoms with Crippen LogP contribution < -0.4 is 29.6 Å². The average molecular weight is 485 g/mol. The maximum absolute atomic E-state index is 5.45. The molecule has 2 aromatic rings. The van der Waals surface area contributed by atoms with Gasteiger partial charge in [-0.3, -0.25) is 4.99 Å². The van der Waals surface area contributed by atoms with Gasteiger partial charge in [0.15, 0.2) is 29.0 Å². The number of aliphatic imine (C=N–C) groups is 1. The van der Waals surface area contributed by atoms with Gasteiger partial charge in [-0.2, -0.15) is 0 Å². The summed E-state index contributed by atoms with van der Waals surface area (Å²) in [5, 5.41) is 6.57. The van der Waals surface area contributed by atoms with E-state index in [1.165, 1.54) is 0 Å². The first-order chi connectivity index (χ1) is 12.7. The van der Waals surface area contributed by atoms with Crippen LogP contribution in [0.15, 0.2) is 41.4 Å². The summed E-state index contributed by atoms with van der Waals surface area (Å²) in [5.41, 5.74) is 2.06. The van der Waals surface area contributed by atoms with E-state index in [4.69, 9.17) is 18.9 Å². The number of nitrogens with one attached hydrogen (secondary N) is 2. The quantitative estimate of drug-likeness (QED) is 0.373. The highest BCUT2D eigenvalue weighted by atomic mass is 127. The van der Waals surface area contributed by atoms with Crippen LogP contribution in [-0.2, 0) is 13.1 Å². The van der Waals surface area contributed by atoms with Gasteiger partial charge in [0, 0.05) is 25.7 Å². The summed E-state index contributed by atoms with van der Waals surface area (Å²) in [6.07, 6.45) is 0. The van der Waals surface area contributed by atoms with Crippen molar-refractivity contribution in [1.29, 1.82) is 0 Å². The zero-order valence-electron chi connectivity index (χ0n) is 15.6. The van der Waals surface area contributed by atoms with Crippen molar-refractivity contribution in [3.8, 4) is 23.0 Å². The molecule has 2 aromatic carbocycles. The van der Waals surface area contributed by atoms with Gasteiger partial charge in [0.2, 0.25) is 6.79 Å². The van der Waals surface area contributed by atoms with Crippen molar-refractivity contribution in [2.24, 2.45) is 4.99 Å². The van der Waals surface area contributed by atoms with Gasteiger partial charge >= 0.3 is 0 Å². The number of fused-ring (bicyclic) bond motifs is 1. The molecular weight excluding hydrogens is 461 g/mol. The molecule has 0 unspecified atom stereocenters. The molecule has 7 nitrogen and oxygen atoms in total. The first kappa shape index (κ1) is 20.9. The molecule has 0 radical (unpaired) electrons. The fourth-order valence-electron chi connectivity index (χ4n) is 2.73. The fourth-order valence-corrected chi connectivity index (χ4v) is 2.73. The van der Waals surface area contributed by atoms with Crippen molar-refractivity contribution in [2.75, 3.05) is 28.1 Å². The maximum Gasteiger partial charge on any atom is 0.231 e. The predicted octanol–water partition coefficient (Wildman–Crippen LogP) is 2.92. The van der Waals surface area contributed by atoms with E-state index in [2.05, 4.69) is 15.6 Å².